The lowest BCUT2D eigenvalue weighted by atomic mass is 9.81. The van der Waals surface area contributed by atoms with Crippen LogP contribution in [0.3, 0.4) is 0 Å². The first kappa shape index (κ1) is 13.1. The van der Waals surface area contributed by atoms with Crippen LogP contribution in [0.2, 0.25) is 0 Å². The van der Waals surface area contributed by atoms with E-state index in [9.17, 15) is 5.11 Å². The summed E-state index contributed by atoms with van der Waals surface area (Å²) in [6, 6.07) is 18.8. The van der Waals surface area contributed by atoms with E-state index in [-0.39, 0.29) is 5.41 Å². The Kier molecular flexibility index (Phi) is 3.02. The molecule has 0 amide bonds. The molecule has 0 saturated carbocycles. The van der Waals surface area contributed by atoms with Gasteiger partial charge in [-0.25, -0.2) is 0 Å². The van der Waals surface area contributed by atoms with Gasteiger partial charge in [0.15, 0.2) is 0 Å². The average Bonchev–Trinajstić information content (AvgIpc) is 2.43. The Hall–Kier alpha value is -1.86. The van der Waals surface area contributed by atoms with Crippen LogP contribution in [0.15, 0.2) is 54.6 Å². The molecule has 0 spiro atoms. The van der Waals surface area contributed by atoms with Gasteiger partial charge in [-0.1, -0.05) is 69.3 Å². The topological polar surface area (TPSA) is 20.2 Å². The minimum atomic E-state index is -0.488. The van der Waals surface area contributed by atoms with Crippen molar-refractivity contribution in [2.75, 3.05) is 0 Å². The number of fused-ring (bicyclic) bond motifs is 2. The van der Waals surface area contributed by atoms with Crippen molar-refractivity contribution < 1.29 is 5.11 Å². The Labute approximate surface area is 119 Å². The van der Waals surface area contributed by atoms with Crippen LogP contribution in [0.25, 0.3) is 21.5 Å². The summed E-state index contributed by atoms with van der Waals surface area (Å²) in [6.07, 6.45) is -0.488. The maximum absolute atomic E-state index is 10.9. The third-order valence-electron chi connectivity index (χ3n) is 3.91. The standard InChI is InChI=1S/C19H20O/c1-19(2,3)18(20)17-15-10-6-4-8-13(15)12-14-9-5-7-11-16(14)17/h4-12,18,20H,1-3H3. The van der Waals surface area contributed by atoms with Gasteiger partial charge in [-0.15, -0.1) is 0 Å². The molecule has 0 aliphatic rings. The van der Waals surface area contributed by atoms with Gasteiger partial charge in [0.05, 0.1) is 6.10 Å². The molecular formula is C19H20O. The third-order valence-corrected chi connectivity index (χ3v) is 3.91. The van der Waals surface area contributed by atoms with Crippen molar-refractivity contribution in [3.8, 4) is 0 Å². The summed E-state index contributed by atoms with van der Waals surface area (Å²) in [5.74, 6) is 0. The number of hydrogen-bond donors (Lipinski definition) is 1. The molecule has 1 N–H and O–H groups in total. The molecule has 1 nitrogen and oxygen atoms in total. The molecule has 0 fully saturated rings. The molecule has 0 heterocycles. The molecular weight excluding hydrogens is 244 g/mol. The predicted molar refractivity (Wildman–Crippen MR) is 85.9 cm³/mol. The number of hydrogen-bond acceptors (Lipinski definition) is 1. The van der Waals surface area contributed by atoms with Crippen LogP contribution < -0.4 is 0 Å². The zero-order valence-electron chi connectivity index (χ0n) is 12.2. The van der Waals surface area contributed by atoms with Gasteiger partial charge in [0.2, 0.25) is 0 Å². The maximum atomic E-state index is 10.9. The summed E-state index contributed by atoms with van der Waals surface area (Å²) in [5, 5.41) is 15.5. The minimum Gasteiger partial charge on any atom is -0.388 e. The van der Waals surface area contributed by atoms with E-state index in [1.54, 1.807) is 0 Å². The first-order valence-electron chi connectivity index (χ1n) is 7.07. The molecule has 0 bridgehead atoms. The smallest absolute Gasteiger partial charge is 0.0850 e. The summed E-state index contributed by atoms with van der Waals surface area (Å²) >= 11 is 0. The fraction of sp³-hybridized carbons (Fsp3) is 0.263. The van der Waals surface area contributed by atoms with E-state index < -0.39 is 6.10 Å². The Balaban J connectivity index is 2.45. The summed E-state index contributed by atoms with van der Waals surface area (Å²) < 4.78 is 0. The van der Waals surface area contributed by atoms with Crippen LogP contribution in [0, 0.1) is 5.41 Å². The van der Waals surface area contributed by atoms with Crippen molar-refractivity contribution in [2.24, 2.45) is 5.41 Å². The summed E-state index contributed by atoms with van der Waals surface area (Å²) in [5.41, 5.74) is 0.860. The second-order valence-electron chi connectivity index (χ2n) is 6.50. The molecule has 1 heteroatoms. The van der Waals surface area contributed by atoms with Crippen LogP contribution in [0.5, 0.6) is 0 Å². The number of rotatable bonds is 1. The molecule has 0 saturated heterocycles. The molecule has 0 radical (unpaired) electrons. The fourth-order valence-electron chi connectivity index (χ4n) is 2.78. The van der Waals surface area contributed by atoms with E-state index in [0.717, 1.165) is 16.3 Å². The Morgan fingerprint density at radius 1 is 0.800 bits per heavy atom. The summed E-state index contributed by atoms with van der Waals surface area (Å²) in [7, 11) is 0. The van der Waals surface area contributed by atoms with Gasteiger partial charge in [0, 0.05) is 0 Å². The summed E-state index contributed by atoms with van der Waals surface area (Å²) in [6.45, 7) is 6.23. The van der Waals surface area contributed by atoms with Crippen molar-refractivity contribution in [2.45, 2.75) is 26.9 Å². The number of benzene rings is 3. The molecule has 1 unspecified atom stereocenters. The molecule has 3 aromatic carbocycles. The first-order valence-corrected chi connectivity index (χ1v) is 7.07. The molecule has 3 rings (SSSR count). The van der Waals surface area contributed by atoms with E-state index in [1.165, 1.54) is 10.8 Å². The molecule has 0 aromatic heterocycles. The lowest BCUT2D eigenvalue weighted by Gasteiger charge is -2.28. The minimum absolute atomic E-state index is 0.188. The SMILES string of the molecule is CC(C)(C)C(O)c1c2ccccc2cc2ccccc12. The highest BCUT2D eigenvalue weighted by Crippen LogP contribution is 2.40. The highest BCUT2D eigenvalue weighted by atomic mass is 16.3. The lowest BCUT2D eigenvalue weighted by Crippen LogP contribution is -2.18. The van der Waals surface area contributed by atoms with E-state index >= 15 is 0 Å². The molecule has 0 aliphatic carbocycles. The van der Waals surface area contributed by atoms with Gasteiger partial charge in [0.25, 0.3) is 0 Å². The van der Waals surface area contributed by atoms with Gasteiger partial charge < -0.3 is 5.11 Å². The lowest BCUT2D eigenvalue weighted by molar-refractivity contribution is 0.0651. The second-order valence-corrected chi connectivity index (χ2v) is 6.50. The van der Waals surface area contributed by atoms with Gasteiger partial charge in [-0.2, -0.15) is 0 Å². The van der Waals surface area contributed by atoms with E-state index in [4.69, 9.17) is 0 Å². The Morgan fingerprint density at radius 3 is 1.70 bits per heavy atom. The maximum Gasteiger partial charge on any atom is 0.0850 e. The van der Waals surface area contributed by atoms with Crippen LogP contribution in [0.4, 0.5) is 0 Å². The zero-order valence-corrected chi connectivity index (χ0v) is 12.2. The highest BCUT2D eigenvalue weighted by Gasteiger charge is 2.27. The van der Waals surface area contributed by atoms with E-state index in [2.05, 4.69) is 51.1 Å². The largest absolute Gasteiger partial charge is 0.388 e. The molecule has 20 heavy (non-hydrogen) atoms. The van der Waals surface area contributed by atoms with Crippen molar-refractivity contribution in [3.63, 3.8) is 0 Å². The van der Waals surface area contributed by atoms with Crippen molar-refractivity contribution in [1.29, 1.82) is 0 Å². The number of aliphatic hydroxyl groups excluding tert-OH is 1. The molecule has 0 aliphatic heterocycles. The Bertz CT molecular complexity index is 711. The first-order chi connectivity index (χ1) is 9.48. The predicted octanol–water partition coefficient (Wildman–Crippen LogP) is 5.07. The van der Waals surface area contributed by atoms with Gasteiger partial charge >= 0.3 is 0 Å². The van der Waals surface area contributed by atoms with Crippen LogP contribution in [0.1, 0.15) is 32.4 Å². The van der Waals surface area contributed by atoms with E-state index in [1.807, 2.05) is 24.3 Å². The molecule has 102 valence electrons. The quantitative estimate of drug-likeness (QED) is 0.608. The van der Waals surface area contributed by atoms with Crippen molar-refractivity contribution in [1.82, 2.24) is 0 Å². The van der Waals surface area contributed by atoms with Crippen LogP contribution in [-0.2, 0) is 0 Å². The number of aliphatic hydroxyl groups is 1. The average molecular weight is 264 g/mol. The third kappa shape index (κ3) is 2.08. The highest BCUT2D eigenvalue weighted by molar-refractivity contribution is 6.02. The van der Waals surface area contributed by atoms with Crippen LogP contribution >= 0.6 is 0 Å². The van der Waals surface area contributed by atoms with Crippen LogP contribution in [-0.4, -0.2) is 5.11 Å². The van der Waals surface area contributed by atoms with Crippen molar-refractivity contribution in [3.05, 3.63) is 60.2 Å². The van der Waals surface area contributed by atoms with Crippen molar-refractivity contribution >= 4 is 21.5 Å². The van der Waals surface area contributed by atoms with Gasteiger partial charge in [0.1, 0.15) is 0 Å². The molecule has 1 atom stereocenters. The van der Waals surface area contributed by atoms with Gasteiger partial charge in [-0.3, -0.25) is 0 Å². The second kappa shape index (κ2) is 4.60. The summed E-state index contributed by atoms with van der Waals surface area (Å²) in [4.78, 5) is 0. The monoisotopic (exact) mass is 264 g/mol. The Morgan fingerprint density at radius 2 is 1.25 bits per heavy atom. The van der Waals surface area contributed by atoms with E-state index in [0.29, 0.717) is 0 Å². The zero-order chi connectivity index (χ0) is 14.3. The molecule has 3 aromatic rings. The normalized spacial score (nSPS) is 13.8. The van der Waals surface area contributed by atoms with Gasteiger partial charge in [-0.05, 0) is 38.6 Å². The fourth-order valence-corrected chi connectivity index (χ4v) is 2.78.